The molecule has 6 nitrogen and oxygen atoms in total. The second-order valence-electron chi connectivity index (χ2n) is 10.1. The lowest BCUT2D eigenvalue weighted by Crippen LogP contribution is -2.48. The van der Waals surface area contributed by atoms with Crippen molar-refractivity contribution in [2.75, 3.05) is 32.0 Å². The topological polar surface area (TPSA) is 69.2 Å². The zero-order valence-electron chi connectivity index (χ0n) is 17.4. The Bertz CT molecular complexity index is 1010. The third kappa shape index (κ3) is 3.33. The van der Waals surface area contributed by atoms with Crippen molar-refractivity contribution in [3.05, 3.63) is 29.6 Å². The maximum absolute atomic E-state index is 13.3. The number of hydrogen-bond acceptors (Lipinski definition) is 5. The molecule has 0 amide bonds. The summed E-state index contributed by atoms with van der Waals surface area (Å²) in [6.07, 6.45) is -0.819. The lowest BCUT2D eigenvalue weighted by Gasteiger charge is -2.35. The van der Waals surface area contributed by atoms with Crippen LogP contribution in [-0.4, -0.2) is 52.0 Å². The molecule has 166 valence electrons. The highest BCUT2D eigenvalue weighted by atomic mass is 19.4. The molecule has 0 aromatic carbocycles. The van der Waals surface area contributed by atoms with Crippen LogP contribution in [-0.2, 0) is 17.5 Å². The Hall–Kier alpha value is -2.13. The number of anilines is 1. The fraction of sp³-hybridized carbons (Fsp3) is 0.636. The molecule has 2 aromatic heterocycles. The van der Waals surface area contributed by atoms with Crippen molar-refractivity contribution in [2.24, 2.45) is 17.3 Å². The summed E-state index contributed by atoms with van der Waals surface area (Å²) in [6, 6.07) is 3.61. The van der Waals surface area contributed by atoms with Crippen molar-refractivity contribution in [3.63, 3.8) is 0 Å². The Labute approximate surface area is 178 Å². The van der Waals surface area contributed by atoms with Gasteiger partial charge in [0.25, 0.3) is 0 Å². The number of likely N-dealkylation sites (tertiary alicyclic amines) is 1. The maximum atomic E-state index is 13.3. The summed E-state index contributed by atoms with van der Waals surface area (Å²) in [5, 5.41) is 4.76. The van der Waals surface area contributed by atoms with E-state index in [9.17, 15) is 13.2 Å². The molecule has 6 rings (SSSR count). The van der Waals surface area contributed by atoms with E-state index >= 15 is 0 Å². The van der Waals surface area contributed by atoms with Gasteiger partial charge in [-0.1, -0.05) is 6.92 Å². The molecule has 4 aliphatic rings. The standard InChI is InChI=1S/C22H26F3N5O/c1-21(2-3-21)11-30-18(19-14-7-29(8-15(14)19)13-9-31-10-13)5-17(28-30)12-4-16(22(23,24)25)20(26)27-6-12/h4-6,13-15,19H,2-3,7-11H2,1H3,(H2,26,27)/t14-,15?,19?/m0/s1. The third-order valence-electron chi connectivity index (χ3n) is 7.67. The van der Waals surface area contributed by atoms with Gasteiger partial charge in [-0.05, 0) is 42.2 Å². The van der Waals surface area contributed by atoms with Crippen LogP contribution < -0.4 is 5.73 Å². The average Bonchev–Trinajstić information content (AvgIpc) is 3.41. The van der Waals surface area contributed by atoms with Gasteiger partial charge in [0.1, 0.15) is 5.82 Å². The number of aromatic nitrogens is 3. The Kier molecular flexibility index (Phi) is 4.06. The molecule has 2 unspecified atom stereocenters. The SMILES string of the molecule is CC1(Cn2nc(-c3cnc(N)c(C(F)(F)F)c3)cc2C2C3CN(C4COC4)C[C@@H]32)CC1. The molecule has 31 heavy (non-hydrogen) atoms. The minimum atomic E-state index is -4.54. The van der Waals surface area contributed by atoms with Crippen molar-refractivity contribution in [2.45, 2.75) is 44.4 Å². The molecule has 2 aliphatic carbocycles. The van der Waals surface area contributed by atoms with E-state index in [1.807, 2.05) is 6.07 Å². The summed E-state index contributed by atoms with van der Waals surface area (Å²) < 4.78 is 47.4. The molecular weight excluding hydrogens is 407 g/mol. The molecule has 2 N–H and O–H groups in total. The lowest BCUT2D eigenvalue weighted by molar-refractivity contribution is -0.137. The van der Waals surface area contributed by atoms with Crippen LogP contribution in [0.2, 0.25) is 0 Å². The first-order chi connectivity index (χ1) is 14.7. The van der Waals surface area contributed by atoms with Crippen molar-refractivity contribution in [1.29, 1.82) is 0 Å². The number of pyridine rings is 1. The normalized spacial score (nSPS) is 29.6. The van der Waals surface area contributed by atoms with Gasteiger partial charge >= 0.3 is 6.18 Å². The van der Waals surface area contributed by atoms with Crippen LogP contribution in [0.3, 0.4) is 0 Å². The maximum Gasteiger partial charge on any atom is 0.419 e. The van der Waals surface area contributed by atoms with Gasteiger partial charge in [0.2, 0.25) is 0 Å². The van der Waals surface area contributed by atoms with Gasteiger partial charge in [-0.15, -0.1) is 0 Å². The van der Waals surface area contributed by atoms with Crippen LogP contribution in [0.15, 0.2) is 18.3 Å². The summed E-state index contributed by atoms with van der Waals surface area (Å²) >= 11 is 0. The van der Waals surface area contributed by atoms with E-state index in [0.717, 1.165) is 57.4 Å². The zero-order chi connectivity index (χ0) is 21.5. The van der Waals surface area contributed by atoms with Gasteiger partial charge in [-0.25, -0.2) is 4.98 Å². The molecule has 0 bridgehead atoms. The number of ether oxygens (including phenoxy) is 1. The number of nitrogens with two attached hydrogens (primary N) is 1. The van der Waals surface area contributed by atoms with Gasteiger partial charge in [-0.2, -0.15) is 18.3 Å². The first kappa shape index (κ1) is 19.5. The minimum Gasteiger partial charge on any atom is -0.383 e. The van der Waals surface area contributed by atoms with E-state index in [-0.39, 0.29) is 5.41 Å². The molecular formula is C22H26F3N5O. The van der Waals surface area contributed by atoms with E-state index in [4.69, 9.17) is 15.6 Å². The van der Waals surface area contributed by atoms with E-state index in [2.05, 4.69) is 21.5 Å². The third-order valence-corrected chi connectivity index (χ3v) is 7.67. The number of piperidine rings is 1. The lowest BCUT2D eigenvalue weighted by atomic mass is 10.1. The number of nitrogen functional groups attached to an aromatic ring is 1. The Balaban J connectivity index is 1.30. The smallest absolute Gasteiger partial charge is 0.383 e. The number of alkyl halides is 3. The molecule has 2 saturated heterocycles. The second-order valence-corrected chi connectivity index (χ2v) is 10.1. The molecule has 4 fully saturated rings. The predicted molar refractivity (Wildman–Crippen MR) is 108 cm³/mol. The molecule has 3 atom stereocenters. The number of fused-ring (bicyclic) bond motifs is 1. The van der Waals surface area contributed by atoms with Gasteiger partial charge in [0.05, 0.1) is 30.5 Å². The van der Waals surface area contributed by atoms with Crippen LogP contribution in [0.4, 0.5) is 19.0 Å². The van der Waals surface area contributed by atoms with Crippen LogP contribution in [0, 0.1) is 17.3 Å². The fourth-order valence-electron chi connectivity index (χ4n) is 5.27. The highest BCUT2D eigenvalue weighted by molar-refractivity contribution is 5.63. The Morgan fingerprint density at radius 2 is 1.90 bits per heavy atom. The van der Waals surface area contributed by atoms with E-state index < -0.39 is 17.6 Å². The van der Waals surface area contributed by atoms with E-state index in [0.29, 0.717) is 35.1 Å². The average molecular weight is 433 g/mol. The van der Waals surface area contributed by atoms with Crippen LogP contribution in [0.5, 0.6) is 0 Å². The summed E-state index contributed by atoms with van der Waals surface area (Å²) in [5.74, 6) is 1.14. The van der Waals surface area contributed by atoms with E-state index in [1.165, 1.54) is 6.20 Å². The van der Waals surface area contributed by atoms with E-state index in [1.54, 1.807) is 0 Å². The predicted octanol–water partition coefficient (Wildman–Crippen LogP) is 3.39. The second kappa shape index (κ2) is 6.45. The molecule has 9 heteroatoms. The molecule has 0 radical (unpaired) electrons. The minimum absolute atomic E-state index is 0.244. The van der Waals surface area contributed by atoms with Crippen molar-refractivity contribution >= 4 is 5.82 Å². The molecule has 4 heterocycles. The monoisotopic (exact) mass is 433 g/mol. The summed E-state index contributed by atoms with van der Waals surface area (Å²) in [5.41, 5.74) is 6.89. The van der Waals surface area contributed by atoms with Crippen molar-refractivity contribution in [3.8, 4) is 11.3 Å². The summed E-state index contributed by atoms with van der Waals surface area (Å²) in [6.45, 7) is 6.86. The summed E-state index contributed by atoms with van der Waals surface area (Å²) in [4.78, 5) is 6.33. The molecule has 2 saturated carbocycles. The van der Waals surface area contributed by atoms with Crippen molar-refractivity contribution in [1.82, 2.24) is 19.7 Å². The number of hydrogen-bond donors (Lipinski definition) is 1. The van der Waals surface area contributed by atoms with Crippen LogP contribution >= 0.6 is 0 Å². The largest absolute Gasteiger partial charge is 0.419 e. The highest BCUT2D eigenvalue weighted by Crippen LogP contribution is 2.59. The van der Waals surface area contributed by atoms with Crippen LogP contribution in [0.25, 0.3) is 11.3 Å². The molecule has 0 spiro atoms. The van der Waals surface area contributed by atoms with Crippen molar-refractivity contribution < 1.29 is 17.9 Å². The van der Waals surface area contributed by atoms with Gasteiger partial charge in [0.15, 0.2) is 0 Å². The number of rotatable bonds is 5. The molecule has 2 aromatic rings. The van der Waals surface area contributed by atoms with Gasteiger partial charge in [-0.3, -0.25) is 9.58 Å². The number of nitrogens with zero attached hydrogens (tertiary/aromatic N) is 4. The van der Waals surface area contributed by atoms with Gasteiger partial charge in [0, 0.05) is 43.0 Å². The number of halogens is 3. The van der Waals surface area contributed by atoms with Crippen LogP contribution in [0.1, 0.15) is 36.9 Å². The first-order valence-corrected chi connectivity index (χ1v) is 10.9. The fourth-order valence-corrected chi connectivity index (χ4v) is 5.27. The highest BCUT2D eigenvalue weighted by Gasteiger charge is 2.59. The zero-order valence-corrected chi connectivity index (χ0v) is 17.4. The first-order valence-electron chi connectivity index (χ1n) is 10.9. The Morgan fingerprint density at radius 1 is 1.19 bits per heavy atom. The van der Waals surface area contributed by atoms with Gasteiger partial charge < -0.3 is 10.5 Å². The quantitative estimate of drug-likeness (QED) is 0.783. The summed E-state index contributed by atoms with van der Waals surface area (Å²) in [7, 11) is 0. The molecule has 2 aliphatic heterocycles. The Morgan fingerprint density at radius 3 is 2.48 bits per heavy atom.